The summed E-state index contributed by atoms with van der Waals surface area (Å²) in [4.78, 5) is 37.9. The summed E-state index contributed by atoms with van der Waals surface area (Å²) < 4.78 is 0. The minimum atomic E-state index is -1.07. The molecule has 3 amide bonds. The standard InChI is InChI=1S/C14H27N3O4/c1-6-10(4)12(13(19)20)15-14(21)16(5)9-11(18)17(7-2)8-3/h10,12H,6-9H2,1-5H3,(H,15,21)(H,19,20)/t10?,12-/m0/s1. The van der Waals surface area contributed by atoms with E-state index in [1.54, 1.807) is 11.8 Å². The SMILES string of the molecule is CCC(C)[C@H](NC(=O)N(C)CC(=O)N(CC)CC)C(=O)O. The van der Waals surface area contributed by atoms with E-state index in [2.05, 4.69) is 5.32 Å². The Morgan fingerprint density at radius 2 is 1.67 bits per heavy atom. The van der Waals surface area contributed by atoms with Crippen LogP contribution in [0.2, 0.25) is 0 Å². The van der Waals surface area contributed by atoms with Crippen LogP contribution in [0.4, 0.5) is 4.79 Å². The lowest BCUT2D eigenvalue weighted by atomic mass is 9.99. The van der Waals surface area contributed by atoms with E-state index in [1.165, 1.54) is 11.9 Å². The third kappa shape index (κ3) is 6.01. The van der Waals surface area contributed by atoms with Crippen LogP contribution in [-0.2, 0) is 9.59 Å². The van der Waals surface area contributed by atoms with E-state index in [0.29, 0.717) is 19.5 Å². The predicted molar refractivity (Wildman–Crippen MR) is 80.0 cm³/mol. The molecule has 0 aromatic heterocycles. The van der Waals surface area contributed by atoms with Crippen LogP contribution in [0.3, 0.4) is 0 Å². The second-order valence-corrected chi connectivity index (χ2v) is 5.07. The van der Waals surface area contributed by atoms with Crippen molar-refractivity contribution in [3.63, 3.8) is 0 Å². The molecule has 0 saturated heterocycles. The summed E-state index contributed by atoms with van der Waals surface area (Å²) in [6, 6.07) is -1.50. The minimum absolute atomic E-state index is 0.0691. The van der Waals surface area contributed by atoms with E-state index >= 15 is 0 Å². The molecule has 0 saturated carbocycles. The molecule has 0 aromatic rings. The van der Waals surface area contributed by atoms with E-state index < -0.39 is 18.0 Å². The highest BCUT2D eigenvalue weighted by molar-refractivity contribution is 5.86. The first-order valence-corrected chi connectivity index (χ1v) is 7.30. The van der Waals surface area contributed by atoms with E-state index in [4.69, 9.17) is 5.11 Å². The molecule has 0 bridgehead atoms. The van der Waals surface area contributed by atoms with Crippen LogP contribution in [0.15, 0.2) is 0 Å². The van der Waals surface area contributed by atoms with Crippen LogP contribution in [0.1, 0.15) is 34.1 Å². The van der Waals surface area contributed by atoms with Gasteiger partial charge in [0.2, 0.25) is 5.91 Å². The van der Waals surface area contributed by atoms with Gasteiger partial charge in [0.1, 0.15) is 12.6 Å². The van der Waals surface area contributed by atoms with Gasteiger partial charge in [0.15, 0.2) is 0 Å². The molecule has 7 nitrogen and oxygen atoms in total. The number of nitrogens with zero attached hydrogens (tertiary/aromatic N) is 2. The number of likely N-dealkylation sites (N-methyl/N-ethyl adjacent to an activating group) is 2. The Labute approximate surface area is 126 Å². The molecule has 0 aliphatic rings. The van der Waals surface area contributed by atoms with Crippen molar-refractivity contribution >= 4 is 17.9 Å². The van der Waals surface area contributed by atoms with Crippen molar-refractivity contribution in [3.8, 4) is 0 Å². The second-order valence-electron chi connectivity index (χ2n) is 5.07. The number of hydrogen-bond acceptors (Lipinski definition) is 3. The lowest BCUT2D eigenvalue weighted by Gasteiger charge is -2.26. The van der Waals surface area contributed by atoms with Crippen LogP contribution in [0.5, 0.6) is 0 Å². The monoisotopic (exact) mass is 301 g/mol. The summed E-state index contributed by atoms with van der Waals surface area (Å²) in [7, 11) is 1.48. The quantitative estimate of drug-likeness (QED) is 0.699. The van der Waals surface area contributed by atoms with Gasteiger partial charge in [-0.2, -0.15) is 0 Å². The van der Waals surface area contributed by atoms with E-state index in [1.807, 2.05) is 20.8 Å². The number of nitrogens with one attached hydrogen (secondary N) is 1. The summed E-state index contributed by atoms with van der Waals surface area (Å²) >= 11 is 0. The maximum absolute atomic E-state index is 12.0. The highest BCUT2D eigenvalue weighted by Crippen LogP contribution is 2.08. The van der Waals surface area contributed by atoms with Crippen molar-refractivity contribution in [2.45, 2.75) is 40.2 Å². The third-order valence-electron chi connectivity index (χ3n) is 3.59. The van der Waals surface area contributed by atoms with Gasteiger partial charge < -0.3 is 20.2 Å². The molecule has 7 heteroatoms. The van der Waals surface area contributed by atoms with Crippen molar-refractivity contribution in [3.05, 3.63) is 0 Å². The second kappa shape index (κ2) is 9.20. The maximum atomic E-state index is 12.0. The summed E-state index contributed by atoms with van der Waals surface area (Å²) in [5, 5.41) is 11.6. The van der Waals surface area contributed by atoms with E-state index in [0.717, 1.165) is 0 Å². The molecule has 2 N–H and O–H groups in total. The Hall–Kier alpha value is -1.79. The van der Waals surface area contributed by atoms with Crippen LogP contribution < -0.4 is 5.32 Å². The zero-order chi connectivity index (χ0) is 16.6. The van der Waals surface area contributed by atoms with Crippen molar-refractivity contribution in [2.75, 3.05) is 26.7 Å². The molecular weight excluding hydrogens is 274 g/mol. The molecule has 0 aromatic carbocycles. The predicted octanol–water partition coefficient (Wildman–Crippen LogP) is 0.996. The number of aliphatic carboxylic acids is 1. The molecule has 2 atom stereocenters. The number of hydrogen-bond donors (Lipinski definition) is 2. The van der Waals surface area contributed by atoms with Gasteiger partial charge in [-0.1, -0.05) is 20.3 Å². The number of urea groups is 1. The number of amides is 3. The molecule has 0 aliphatic heterocycles. The topological polar surface area (TPSA) is 90.0 Å². The number of carbonyl (C=O) groups excluding carboxylic acids is 2. The summed E-state index contributed by atoms with van der Waals surface area (Å²) in [6.07, 6.45) is 0.638. The van der Waals surface area contributed by atoms with Crippen LogP contribution in [0, 0.1) is 5.92 Å². The van der Waals surface area contributed by atoms with Crippen LogP contribution in [0.25, 0.3) is 0 Å². The number of carboxylic acids is 1. The largest absolute Gasteiger partial charge is 0.480 e. The molecule has 122 valence electrons. The van der Waals surface area contributed by atoms with Gasteiger partial charge >= 0.3 is 12.0 Å². The zero-order valence-electron chi connectivity index (χ0n) is 13.5. The smallest absolute Gasteiger partial charge is 0.326 e. The first-order valence-electron chi connectivity index (χ1n) is 7.30. The first kappa shape index (κ1) is 19.2. The van der Waals surface area contributed by atoms with Crippen molar-refractivity contribution in [1.29, 1.82) is 0 Å². The number of rotatable bonds is 8. The average molecular weight is 301 g/mol. The van der Waals surface area contributed by atoms with Gasteiger partial charge in [0.25, 0.3) is 0 Å². The normalized spacial score (nSPS) is 13.2. The average Bonchev–Trinajstić information content (AvgIpc) is 2.44. The van der Waals surface area contributed by atoms with Crippen molar-refractivity contribution in [2.24, 2.45) is 5.92 Å². The van der Waals surface area contributed by atoms with Crippen molar-refractivity contribution < 1.29 is 19.5 Å². The molecule has 0 aliphatic carbocycles. The molecule has 0 spiro atoms. The molecule has 0 heterocycles. The fraction of sp³-hybridized carbons (Fsp3) is 0.786. The third-order valence-corrected chi connectivity index (χ3v) is 3.59. The number of carbonyl (C=O) groups is 3. The Balaban J connectivity index is 4.63. The molecule has 0 rings (SSSR count). The van der Waals surface area contributed by atoms with E-state index in [-0.39, 0.29) is 18.4 Å². The number of carboxylic acid groups (broad SMARTS) is 1. The molecule has 1 unspecified atom stereocenters. The maximum Gasteiger partial charge on any atom is 0.326 e. The molecule has 0 radical (unpaired) electrons. The Bertz CT molecular complexity index is 369. The van der Waals surface area contributed by atoms with Gasteiger partial charge in [0, 0.05) is 20.1 Å². The summed E-state index contributed by atoms with van der Waals surface area (Å²) in [6.45, 7) is 8.45. The lowest BCUT2D eigenvalue weighted by Crippen LogP contribution is -2.51. The fourth-order valence-electron chi connectivity index (χ4n) is 1.88. The molecule has 0 fully saturated rings. The lowest BCUT2D eigenvalue weighted by molar-refractivity contribution is -0.140. The van der Waals surface area contributed by atoms with Crippen LogP contribution >= 0.6 is 0 Å². The summed E-state index contributed by atoms with van der Waals surface area (Å²) in [5.74, 6) is -1.41. The fourth-order valence-corrected chi connectivity index (χ4v) is 1.88. The van der Waals surface area contributed by atoms with Gasteiger partial charge in [-0.3, -0.25) is 4.79 Å². The van der Waals surface area contributed by atoms with Gasteiger partial charge in [-0.15, -0.1) is 0 Å². The highest BCUT2D eigenvalue weighted by atomic mass is 16.4. The zero-order valence-corrected chi connectivity index (χ0v) is 13.5. The molecule has 21 heavy (non-hydrogen) atoms. The first-order chi connectivity index (χ1) is 9.78. The Morgan fingerprint density at radius 1 is 1.14 bits per heavy atom. The van der Waals surface area contributed by atoms with Gasteiger partial charge in [-0.25, -0.2) is 9.59 Å². The van der Waals surface area contributed by atoms with Crippen LogP contribution in [-0.4, -0.2) is 65.5 Å². The van der Waals surface area contributed by atoms with Gasteiger partial charge in [0.05, 0.1) is 0 Å². The Kier molecular flexibility index (Phi) is 8.42. The Morgan fingerprint density at radius 3 is 2.05 bits per heavy atom. The molecular formula is C14H27N3O4. The van der Waals surface area contributed by atoms with Crippen molar-refractivity contribution in [1.82, 2.24) is 15.1 Å². The van der Waals surface area contributed by atoms with Gasteiger partial charge in [-0.05, 0) is 19.8 Å². The summed E-state index contributed by atoms with van der Waals surface area (Å²) in [5.41, 5.74) is 0. The minimum Gasteiger partial charge on any atom is -0.480 e. The highest BCUT2D eigenvalue weighted by Gasteiger charge is 2.27. The van der Waals surface area contributed by atoms with E-state index in [9.17, 15) is 14.4 Å².